The predicted octanol–water partition coefficient (Wildman–Crippen LogP) is 2.77. The standard InChI is InChI=1S/C10H17FO2/c11-9-5-3-1-2-4-8(9)6-7-10(12)13/h8-9H,1-7H2,(H,12,13)/t8-,9+/m0/s1. The van der Waals surface area contributed by atoms with Gasteiger partial charge in [-0.1, -0.05) is 19.3 Å². The van der Waals surface area contributed by atoms with E-state index in [4.69, 9.17) is 5.11 Å². The molecule has 0 heterocycles. The second-order valence-corrected chi connectivity index (χ2v) is 3.85. The molecule has 0 radical (unpaired) electrons. The molecule has 1 saturated carbocycles. The van der Waals surface area contributed by atoms with E-state index in [0.29, 0.717) is 12.8 Å². The average molecular weight is 188 g/mol. The Labute approximate surface area is 78.1 Å². The maximum atomic E-state index is 13.4. The van der Waals surface area contributed by atoms with Gasteiger partial charge in [-0.15, -0.1) is 0 Å². The third kappa shape index (κ3) is 3.75. The van der Waals surface area contributed by atoms with Gasteiger partial charge in [0.1, 0.15) is 6.17 Å². The van der Waals surface area contributed by atoms with Crippen LogP contribution in [0.15, 0.2) is 0 Å². The Morgan fingerprint density at radius 1 is 1.31 bits per heavy atom. The molecule has 13 heavy (non-hydrogen) atoms. The monoisotopic (exact) mass is 188 g/mol. The lowest BCUT2D eigenvalue weighted by Gasteiger charge is -2.16. The van der Waals surface area contributed by atoms with E-state index in [0.717, 1.165) is 25.7 Å². The first-order valence-electron chi connectivity index (χ1n) is 5.06. The molecule has 0 aromatic carbocycles. The first-order chi connectivity index (χ1) is 6.20. The molecule has 0 saturated heterocycles. The van der Waals surface area contributed by atoms with Crippen molar-refractivity contribution in [3.05, 3.63) is 0 Å². The van der Waals surface area contributed by atoms with Gasteiger partial charge in [-0.2, -0.15) is 0 Å². The highest BCUT2D eigenvalue weighted by molar-refractivity contribution is 5.66. The summed E-state index contributed by atoms with van der Waals surface area (Å²) in [4.78, 5) is 10.3. The zero-order chi connectivity index (χ0) is 9.68. The van der Waals surface area contributed by atoms with Gasteiger partial charge < -0.3 is 5.11 Å². The predicted molar refractivity (Wildman–Crippen MR) is 48.3 cm³/mol. The smallest absolute Gasteiger partial charge is 0.303 e. The van der Waals surface area contributed by atoms with E-state index < -0.39 is 12.1 Å². The molecule has 3 heteroatoms. The number of halogens is 1. The van der Waals surface area contributed by atoms with Crippen LogP contribution in [0.3, 0.4) is 0 Å². The second-order valence-electron chi connectivity index (χ2n) is 3.85. The van der Waals surface area contributed by atoms with Crippen LogP contribution in [0.5, 0.6) is 0 Å². The van der Waals surface area contributed by atoms with Gasteiger partial charge in [0.05, 0.1) is 0 Å². The van der Waals surface area contributed by atoms with Crippen molar-refractivity contribution in [1.82, 2.24) is 0 Å². The van der Waals surface area contributed by atoms with Crippen molar-refractivity contribution in [3.63, 3.8) is 0 Å². The summed E-state index contributed by atoms with van der Waals surface area (Å²) in [7, 11) is 0. The summed E-state index contributed by atoms with van der Waals surface area (Å²) in [5.74, 6) is -0.810. The normalized spacial score (nSPS) is 29.6. The summed E-state index contributed by atoms with van der Waals surface area (Å²) in [5, 5.41) is 8.48. The summed E-state index contributed by atoms with van der Waals surface area (Å²) >= 11 is 0. The van der Waals surface area contributed by atoms with E-state index in [1.807, 2.05) is 0 Å². The molecular formula is C10H17FO2. The van der Waals surface area contributed by atoms with E-state index in [1.165, 1.54) is 0 Å². The second kappa shape index (κ2) is 5.20. The molecular weight excluding hydrogens is 171 g/mol. The van der Waals surface area contributed by atoms with Crippen LogP contribution in [0.1, 0.15) is 44.9 Å². The zero-order valence-corrected chi connectivity index (χ0v) is 7.84. The lowest BCUT2D eigenvalue weighted by Crippen LogP contribution is -2.15. The molecule has 0 aliphatic heterocycles. The summed E-state index contributed by atoms with van der Waals surface area (Å²) in [5.41, 5.74) is 0. The minimum atomic E-state index is -0.809. The van der Waals surface area contributed by atoms with E-state index in [1.54, 1.807) is 0 Å². The highest BCUT2D eigenvalue weighted by Gasteiger charge is 2.23. The van der Waals surface area contributed by atoms with Gasteiger partial charge in [0.2, 0.25) is 0 Å². The number of rotatable bonds is 3. The highest BCUT2D eigenvalue weighted by atomic mass is 19.1. The summed E-state index contributed by atoms with van der Waals surface area (Å²) < 4.78 is 13.4. The number of hydrogen-bond acceptors (Lipinski definition) is 1. The van der Waals surface area contributed by atoms with Gasteiger partial charge >= 0.3 is 5.97 Å². The molecule has 0 aromatic rings. The van der Waals surface area contributed by atoms with Crippen LogP contribution in [-0.2, 0) is 4.79 Å². The van der Waals surface area contributed by atoms with Crippen molar-refractivity contribution in [3.8, 4) is 0 Å². The minimum absolute atomic E-state index is 0.00130. The molecule has 2 nitrogen and oxygen atoms in total. The summed E-state index contributed by atoms with van der Waals surface area (Å²) in [6, 6.07) is 0. The molecule has 0 unspecified atom stereocenters. The molecule has 76 valence electrons. The molecule has 0 spiro atoms. The van der Waals surface area contributed by atoms with E-state index >= 15 is 0 Å². The Hall–Kier alpha value is -0.600. The highest BCUT2D eigenvalue weighted by Crippen LogP contribution is 2.29. The zero-order valence-electron chi connectivity index (χ0n) is 7.84. The number of carboxylic acid groups (broad SMARTS) is 1. The first-order valence-corrected chi connectivity index (χ1v) is 5.06. The third-order valence-electron chi connectivity index (χ3n) is 2.80. The Morgan fingerprint density at radius 3 is 2.69 bits per heavy atom. The van der Waals surface area contributed by atoms with Crippen LogP contribution in [0.4, 0.5) is 4.39 Å². The van der Waals surface area contributed by atoms with Crippen LogP contribution in [-0.4, -0.2) is 17.2 Å². The Kier molecular flexibility index (Phi) is 4.19. The lowest BCUT2D eigenvalue weighted by atomic mass is 9.93. The van der Waals surface area contributed by atoms with E-state index in [9.17, 15) is 9.18 Å². The molecule has 0 amide bonds. The van der Waals surface area contributed by atoms with Gasteiger partial charge in [0.15, 0.2) is 0 Å². The van der Waals surface area contributed by atoms with Gasteiger partial charge in [-0.05, 0) is 25.2 Å². The minimum Gasteiger partial charge on any atom is -0.481 e. The van der Waals surface area contributed by atoms with Crippen molar-refractivity contribution >= 4 is 5.97 Å². The SMILES string of the molecule is O=C(O)CC[C@@H]1CCCCC[C@H]1F. The van der Waals surface area contributed by atoms with E-state index in [2.05, 4.69) is 0 Å². The Morgan fingerprint density at radius 2 is 2.00 bits per heavy atom. The summed E-state index contributed by atoms with van der Waals surface area (Å²) in [6.45, 7) is 0. The fourth-order valence-electron chi connectivity index (χ4n) is 1.97. The Balaban J connectivity index is 2.31. The van der Waals surface area contributed by atoms with Crippen LogP contribution in [0.25, 0.3) is 0 Å². The molecule has 2 atom stereocenters. The van der Waals surface area contributed by atoms with Crippen LogP contribution in [0, 0.1) is 5.92 Å². The molecule has 0 bridgehead atoms. The average Bonchev–Trinajstić information content (AvgIpc) is 2.27. The number of carbonyl (C=O) groups is 1. The Bertz CT molecular complexity index is 170. The lowest BCUT2D eigenvalue weighted by molar-refractivity contribution is -0.137. The third-order valence-corrected chi connectivity index (χ3v) is 2.80. The molecule has 0 aromatic heterocycles. The number of hydrogen-bond donors (Lipinski definition) is 1. The fraction of sp³-hybridized carbons (Fsp3) is 0.900. The van der Waals surface area contributed by atoms with Gasteiger partial charge in [0.25, 0.3) is 0 Å². The maximum absolute atomic E-state index is 13.4. The topological polar surface area (TPSA) is 37.3 Å². The number of carboxylic acids is 1. The van der Waals surface area contributed by atoms with Crippen LogP contribution >= 0.6 is 0 Å². The van der Waals surface area contributed by atoms with Crippen LogP contribution < -0.4 is 0 Å². The van der Waals surface area contributed by atoms with Crippen LogP contribution in [0.2, 0.25) is 0 Å². The van der Waals surface area contributed by atoms with Crippen molar-refractivity contribution in [2.24, 2.45) is 5.92 Å². The first kappa shape index (κ1) is 10.5. The largest absolute Gasteiger partial charge is 0.481 e. The fourth-order valence-corrected chi connectivity index (χ4v) is 1.97. The molecule has 1 rings (SSSR count). The number of alkyl halides is 1. The quantitative estimate of drug-likeness (QED) is 0.691. The van der Waals surface area contributed by atoms with Crippen molar-refractivity contribution in [1.29, 1.82) is 0 Å². The van der Waals surface area contributed by atoms with Crippen molar-refractivity contribution in [2.45, 2.75) is 51.1 Å². The van der Waals surface area contributed by atoms with E-state index in [-0.39, 0.29) is 12.3 Å². The van der Waals surface area contributed by atoms with Gasteiger partial charge in [0, 0.05) is 6.42 Å². The number of aliphatic carboxylic acids is 1. The van der Waals surface area contributed by atoms with Crippen molar-refractivity contribution in [2.75, 3.05) is 0 Å². The van der Waals surface area contributed by atoms with Gasteiger partial charge in [-0.3, -0.25) is 4.79 Å². The summed E-state index contributed by atoms with van der Waals surface area (Å²) in [6.07, 6.45) is 4.49. The van der Waals surface area contributed by atoms with Gasteiger partial charge in [-0.25, -0.2) is 4.39 Å². The van der Waals surface area contributed by atoms with Crippen molar-refractivity contribution < 1.29 is 14.3 Å². The molecule has 1 fully saturated rings. The molecule has 1 N–H and O–H groups in total. The molecule has 1 aliphatic rings. The molecule has 1 aliphatic carbocycles. The maximum Gasteiger partial charge on any atom is 0.303 e.